The molecule has 11 heteroatoms. The number of nitrogens with one attached hydrogen (secondary N) is 1. The molecular formula is C19H19F4N5O2. The third kappa shape index (κ3) is 3.59. The number of aromatic amines is 1. The Morgan fingerprint density at radius 2 is 2.07 bits per heavy atom. The molecule has 30 heavy (non-hydrogen) atoms. The molecular weight excluding hydrogens is 406 g/mol. The lowest BCUT2D eigenvalue weighted by Gasteiger charge is -2.19. The highest BCUT2D eigenvalue weighted by molar-refractivity contribution is 5.78. The SMILES string of the molecule is CN(C)c1nc2c(c(CF)nn2[C@@H](c2ccc(OC(F)F)c(F)c2)C2CC2)c(=O)[nH]1. The molecule has 0 bridgehead atoms. The largest absolute Gasteiger partial charge is 0.432 e. The standard InChI is InChI=1S/C19H19F4N5O2/c1-27(2)19-24-16-14(17(29)25-19)12(8-20)26-28(16)15(9-3-4-9)10-5-6-13(11(21)7-10)30-18(22)23/h5-7,9,15,18H,3-4,8H2,1-2H3,(H,24,25,29)/t15-/m1/s1. The maximum atomic E-state index is 14.4. The molecule has 1 saturated carbocycles. The van der Waals surface area contributed by atoms with Gasteiger partial charge in [0.2, 0.25) is 5.95 Å². The lowest BCUT2D eigenvalue weighted by atomic mass is 10.0. The molecule has 0 spiro atoms. The van der Waals surface area contributed by atoms with E-state index in [4.69, 9.17) is 0 Å². The van der Waals surface area contributed by atoms with Gasteiger partial charge in [0.05, 0.1) is 6.04 Å². The molecule has 3 aromatic rings. The van der Waals surface area contributed by atoms with Crippen molar-refractivity contribution in [1.82, 2.24) is 19.7 Å². The fraction of sp³-hybridized carbons (Fsp3) is 0.421. The lowest BCUT2D eigenvalue weighted by molar-refractivity contribution is -0.0522. The van der Waals surface area contributed by atoms with Crippen LogP contribution in [0.15, 0.2) is 23.0 Å². The number of hydrogen-bond acceptors (Lipinski definition) is 5. The van der Waals surface area contributed by atoms with E-state index in [-0.39, 0.29) is 28.6 Å². The summed E-state index contributed by atoms with van der Waals surface area (Å²) in [6.45, 7) is -4.12. The molecule has 1 N–H and O–H groups in total. The smallest absolute Gasteiger partial charge is 0.387 e. The summed E-state index contributed by atoms with van der Waals surface area (Å²) >= 11 is 0. The van der Waals surface area contributed by atoms with Crippen molar-refractivity contribution in [2.24, 2.45) is 5.92 Å². The Labute approximate surface area is 168 Å². The van der Waals surface area contributed by atoms with Gasteiger partial charge < -0.3 is 9.64 Å². The highest BCUT2D eigenvalue weighted by Gasteiger charge is 2.37. The third-order valence-corrected chi connectivity index (χ3v) is 5.02. The van der Waals surface area contributed by atoms with E-state index in [9.17, 15) is 22.4 Å². The van der Waals surface area contributed by atoms with Crippen molar-refractivity contribution in [2.75, 3.05) is 19.0 Å². The quantitative estimate of drug-likeness (QED) is 0.588. The number of nitrogens with zero attached hydrogens (tertiary/aromatic N) is 4. The molecule has 0 aliphatic heterocycles. The van der Waals surface area contributed by atoms with Crippen LogP contribution in [0.4, 0.5) is 23.5 Å². The molecule has 0 radical (unpaired) electrons. The molecule has 1 aromatic carbocycles. The zero-order valence-corrected chi connectivity index (χ0v) is 16.2. The van der Waals surface area contributed by atoms with E-state index in [1.165, 1.54) is 10.7 Å². The van der Waals surface area contributed by atoms with Gasteiger partial charge in [-0.25, -0.2) is 13.5 Å². The van der Waals surface area contributed by atoms with Crippen LogP contribution in [-0.2, 0) is 6.67 Å². The van der Waals surface area contributed by atoms with Crippen molar-refractivity contribution in [3.63, 3.8) is 0 Å². The fourth-order valence-corrected chi connectivity index (χ4v) is 3.52. The minimum atomic E-state index is -3.15. The fourth-order valence-electron chi connectivity index (χ4n) is 3.52. The summed E-state index contributed by atoms with van der Waals surface area (Å²) in [5, 5.41) is 4.31. The number of H-pyrrole nitrogens is 1. The van der Waals surface area contributed by atoms with Crippen molar-refractivity contribution < 1.29 is 22.3 Å². The first-order valence-electron chi connectivity index (χ1n) is 9.29. The van der Waals surface area contributed by atoms with E-state index in [0.717, 1.165) is 25.0 Å². The molecule has 1 aliphatic rings. The molecule has 0 unspecified atom stereocenters. The van der Waals surface area contributed by atoms with Crippen LogP contribution in [-0.4, -0.2) is 40.5 Å². The molecule has 0 saturated heterocycles. The van der Waals surface area contributed by atoms with Crippen LogP contribution in [0.3, 0.4) is 0 Å². The Morgan fingerprint density at radius 3 is 2.63 bits per heavy atom. The van der Waals surface area contributed by atoms with E-state index >= 15 is 0 Å². The lowest BCUT2D eigenvalue weighted by Crippen LogP contribution is -2.21. The van der Waals surface area contributed by atoms with Gasteiger partial charge in [0.15, 0.2) is 17.2 Å². The van der Waals surface area contributed by atoms with Crippen molar-refractivity contribution in [2.45, 2.75) is 32.2 Å². The minimum Gasteiger partial charge on any atom is -0.432 e. The number of alkyl halides is 3. The van der Waals surface area contributed by atoms with Crippen LogP contribution in [0.1, 0.15) is 30.1 Å². The molecule has 1 fully saturated rings. The van der Waals surface area contributed by atoms with Crippen molar-refractivity contribution in [1.29, 1.82) is 0 Å². The first-order valence-corrected chi connectivity index (χ1v) is 9.29. The molecule has 7 nitrogen and oxygen atoms in total. The second kappa shape index (κ2) is 7.62. The summed E-state index contributed by atoms with van der Waals surface area (Å²) in [5.74, 6) is -1.19. The van der Waals surface area contributed by atoms with Crippen LogP contribution >= 0.6 is 0 Å². The Kier molecular flexibility index (Phi) is 5.12. The molecule has 1 aliphatic carbocycles. The number of halogens is 4. The van der Waals surface area contributed by atoms with Gasteiger partial charge in [0, 0.05) is 14.1 Å². The summed E-state index contributed by atoms with van der Waals surface area (Å²) in [5.41, 5.74) is 0.0389. The van der Waals surface area contributed by atoms with E-state index in [1.807, 2.05) is 0 Å². The van der Waals surface area contributed by atoms with Gasteiger partial charge in [-0.3, -0.25) is 9.78 Å². The van der Waals surface area contributed by atoms with Gasteiger partial charge in [-0.1, -0.05) is 6.07 Å². The van der Waals surface area contributed by atoms with E-state index < -0.39 is 36.5 Å². The van der Waals surface area contributed by atoms with Crippen molar-refractivity contribution >= 4 is 17.0 Å². The van der Waals surface area contributed by atoms with Gasteiger partial charge in [-0.15, -0.1) is 0 Å². The summed E-state index contributed by atoms with van der Waals surface area (Å²) in [7, 11) is 3.38. The predicted octanol–water partition coefficient (Wildman–Crippen LogP) is 3.40. The predicted molar refractivity (Wildman–Crippen MR) is 101 cm³/mol. The second-order valence-corrected chi connectivity index (χ2v) is 7.36. The molecule has 2 heterocycles. The summed E-state index contributed by atoms with van der Waals surface area (Å²) in [6, 6.07) is 3.15. The molecule has 2 aromatic heterocycles. The van der Waals surface area contributed by atoms with Gasteiger partial charge in [0.1, 0.15) is 17.8 Å². The van der Waals surface area contributed by atoms with Crippen LogP contribution < -0.4 is 15.2 Å². The Balaban J connectivity index is 1.88. The highest BCUT2D eigenvalue weighted by atomic mass is 19.3. The topological polar surface area (TPSA) is 76.0 Å². The molecule has 4 rings (SSSR count). The monoisotopic (exact) mass is 425 g/mol. The number of rotatable bonds is 7. The summed E-state index contributed by atoms with van der Waals surface area (Å²) in [6.07, 6.45) is 1.63. The molecule has 160 valence electrons. The normalized spacial score (nSPS) is 15.0. The van der Waals surface area contributed by atoms with Crippen molar-refractivity contribution in [3.05, 3.63) is 45.6 Å². The van der Waals surface area contributed by atoms with Crippen LogP contribution in [0, 0.1) is 11.7 Å². The van der Waals surface area contributed by atoms with Crippen LogP contribution in [0.5, 0.6) is 5.75 Å². The molecule has 0 amide bonds. The first kappa shape index (κ1) is 20.2. The average Bonchev–Trinajstić information content (AvgIpc) is 3.44. The van der Waals surface area contributed by atoms with Gasteiger partial charge in [-0.05, 0) is 36.5 Å². The van der Waals surface area contributed by atoms with Gasteiger partial charge in [0.25, 0.3) is 5.56 Å². The average molecular weight is 425 g/mol. The summed E-state index contributed by atoms with van der Waals surface area (Å²) < 4.78 is 58.5. The maximum Gasteiger partial charge on any atom is 0.387 e. The van der Waals surface area contributed by atoms with Crippen LogP contribution in [0.25, 0.3) is 11.0 Å². The Hall–Kier alpha value is -3.11. The third-order valence-electron chi connectivity index (χ3n) is 5.02. The minimum absolute atomic E-state index is 0.0341. The highest BCUT2D eigenvalue weighted by Crippen LogP contribution is 2.45. The number of hydrogen-bond donors (Lipinski definition) is 1. The van der Waals surface area contributed by atoms with E-state index in [1.54, 1.807) is 19.0 Å². The summed E-state index contributed by atoms with van der Waals surface area (Å²) in [4.78, 5) is 21.2. The van der Waals surface area contributed by atoms with E-state index in [0.29, 0.717) is 5.56 Å². The second-order valence-electron chi connectivity index (χ2n) is 7.36. The number of aromatic nitrogens is 4. The number of fused-ring (bicyclic) bond motifs is 1. The number of ether oxygens (including phenoxy) is 1. The Bertz CT molecular complexity index is 1140. The Morgan fingerprint density at radius 1 is 1.33 bits per heavy atom. The first-order chi connectivity index (χ1) is 14.3. The van der Waals surface area contributed by atoms with E-state index in [2.05, 4.69) is 19.8 Å². The number of benzene rings is 1. The van der Waals surface area contributed by atoms with Crippen LogP contribution in [0.2, 0.25) is 0 Å². The number of anilines is 1. The zero-order chi connectivity index (χ0) is 21.6. The maximum absolute atomic E-state index is 14.4. The van der Waals surface area contributed by atoms with Gasteiger partial charge in [-0.2, -0.15) is 18.9 Å². The molecule has 1 atom stereocenters. The zero-order valence-electron chi connectivity index (χ0n) is 16.2. The van der Waals surface area contributed by atoms with Gasteiger partial charge >= 0.3 is 6.61 Å². The van der Waals surface area contributed by atoms with Crippen molar-refractivity contribution in [3.8, 4) is 5.75 Å².